The SMILES string of the molecule is c1ccc2c(CN3CCOC(Cn4ccnc4)C3)c[nH]c2c1. The maximum absolute atomic E-state index is 5.89. The van der Waals surface area contributed by atoms with E-state index in [0.717, 1.165) is 32.8 Å². The standard InChI is InChI=1S/C17H20N4O/c1-2-4-17-16(3-1)14(9-19-17)10-20-7-8-22-15(11-20)12-21-6-5-18-13-21/h1-6,9,13,15,19H,7-8,10-12H2. The summed E-state index contributed by atoms with van der Waals surface area (Å²) >= 11 is 0. The molecule has 1 fully saturated rings. The summed E-state index contributed by atoms with van der Waals surface area (Å²) < 4.78 is 7.97. The number of imidazole rings is 1. The Labute approximate surface area is 129 Å². The molecule has 5 heteroatoms. The number of nitrogens with one attached hydrogen (secondary N) is 1. The molecule has 22 heavy (non-hydrogen) atoms. The van der Waals surface area contributed by atoms with Gasteiger partial charge in [0.05, 0.1) is 25.6 Å². The van der Waals surface area contributed by atoms with Crippen LogP contribution in [0.5, 0.6) is 0 Å². The van der Waals surface area contributed by atoms with Gasteiger partial charge in [-0.3, -0.25) is 4.90 Å². The van der Waals surface area contributed by atoms with Crippen LogP contribution in [0.2, 0.25) is 0 Å². The van der Waals surface area contributed by atoms with Crippen LogP contribution in [0.4, 0.5) is 0 Å². The van der Waals surface area contributed by atoms with Gasteiger partial charge in [0.25, 0.3) is 0 Å². The van der Waals surface area contributed by atoms with Gasteiger partial charge in [0.1, 0.15) is 0 Å². The minimum absolute atomic E-state index is 0.230. The summed E-state index contributed by atoms with van der Waals surface area (Å²) in [6, 6.07) is 8.48. The smallest absolute Gasteiger partial charge is 0.0946 e. The molecule has 5 nitrogen and oxygen atoms in total. The van der Waals surface area contributed by atoms with E-state index in [4.69, 9.17) is 4.74 Å². The van der Waals surface area contributed by atoms with E-state index < -0.39 is 0 Å². The number of aromatic amines is 1. The van der Waals surface area contributed by atoms with Gasteiger partial charge in [0, 0.05) is 49.1 Å². The van der Waals surface area contributed by atoms with E-state index in [0.29, 0.717) is 0 Å². The van der Waals surface area contributed by atoms with E-state index >= 15 is 0 Å². The van der Waals surface area contributed by atoms with Gasteiger partial charge in [-0.2, -0.15) is 0 Å². The van der Waals surface area contributed by atoms with Gasteiger partial charge in [0.15, 0.2) is 0 Å². The van der Waals surface area contributed by atoms with Crippen LogP contribution in [0.3, 0.4) is 0 Å². The van der Waals surface area contributed by atoms with E-state index in [1.165, 1.54) is 16.5 Å². The molecule has 0 radical (unpaired) electrons. The second-order valence-electron chi connectivity index (χ2n) is 5.85. The molecule has 0 aliphatic carbocycles. The van der Waals surface area contributed by atoms with Crippen LogP contribution in [-0.4, -0.2) is 45.2 Å². The van der Waals surface area contributed by atoms with Gasteiger partial charge in [-0.25, -0.2) is 4.98 Å². The zero-order valence-electron chi connectivity index (χ0n) is 12.5. The molecule has 1 saturated heterocycles. The normalized spacial score (nSPS) is 19.7. The summed E-state index contributed by atoms with van der Waals surface area (Å²) in [6.07, 6.45) is 8.01. The molecule has 2 aromatic heterocycles. The average Bonchev–Trinajstić information content (AvgIpc) is 3.18. The fourth-order valence-corrected chi connectivity index (χ4v) is 3.17. The van der Waals surface area contributed by atoms with Crippen molar-refractivity contribution in [3.8, 4) is 0 Å². The van der Waals surface area contributed by atoms with Crippen LogP contribution in [-0.2, 0) is 17.8 Å². The molecule has 0 spiro atoms. The summed E-state index contributed by atoms with van der Waals surface area (Å²) in [4.78, 5) is 9.92. The number of morpholine rings is 1. The van der Waals surface area contributed by atoms with Gasteiger partial charge in [-0.15, -0.1) is 0 Å². The van der Waals surface area contributed by atoms with Crippen molar-refractivity contribution in [1.29, 1.82) is 0 Å². The summed E-state index contributed by atoms with van der Waals surface area (Å²) in [7, 11) is 0. The second kappa shape index (κ2) is 5.94. The van der Waals surface area contributed by atoms with Crippen LogP contribution < -0.4 is 0 Å². The summed E-state index contributed by atoms with van der Waals surface area (Å²) in [5.41, 5.74) is 2.57. The quantitative estimate of drug-likeness (QED) is 0.803. The number of nitrogens with zero attached hydrogens (tertiary/aromatic N) is 3. The maximum atomic E-state index is 5.89. The molecule has 1 aliphatic heterocycles. The minimum Gasteiger partial charge on any atom is -0.374 e. The predicted octanol–water partition coefficient (Wildman–Crippen LogP) is 2.27. The lowest BCUT2D eigenvalue weighted by molar-refractivity contribution is -0.0386. The first-order valence-electron chi connectivity index (χ1n) is 7.73. The molecule has 0 amide bonds. The van der Waals surface area contributed by atoms with Gasteiger partial charge in [0.2, 0.25) is 0 Å². The topological polar surface area (TPSA) is 46.1 Å². The van der Waals surface area contributed by atoms with Crippen molar-refractivity contribution in [3.05, 3.63) is 54.7 Å². The Morgan fingerprint density at radius 2 is 2.27 bits per heavy atom. The lowest BCUT2D eigenvalue weighted by atomic mass is 10.1. The Bertz CT molecular complexity index is 734. The highest BCUT2D eigenvalue weighted by atomic mass is 16.5. The van der Waals surface area contributed by atoms with Crippen molar-refractivity contribution in [1.82, 2.24) is 19.4 Å². The lowest BCUT2D eigenvalue weighted by Crippen LogP contribution is -2.43. The molecule has 1 unspecified atom stereocenters. The number of aromatic nitrogens is 3. The van der Waals surface area contributed by atoms with Crippen LogP contribution in [0.15, 0.2) is 49.2 Å². The number of benzene rings is 1. The highest BCUT2D eigenvalue weighted by Gasteiger charge is 2.21. The second-order valence-corrected chi connectivity index (χ2v) is 5.85. The average molecular weight is 296 g/mol. The van der Waals surface area contributed by atoms with E-state index in [-0.39, 0.29) is 6.10 Å². The van der Waals surface area contributed by atoms with Crippen molar-refractivity contribution < 1.29 is 4.74 Å². The zero-order valence-corrected chi connectivity index (χ0v) is 12.5. The largest absolute Gasteiger partial charge is 0.374 e. The van der Waals surface area contributed by atoms with Crippen molar-refractivity contribution in [2.24, 2.45) is 0 Å². The highest BCUT2D eigenvalue weighted by molar-refractivity contribution is 5.82. The first kappa shape index (κ1) is 13.5. The van der Waals surface area contributed by atoms with Crippen molar-refractivity contribution in [3.63, 3.8) is 0 Å². The molecule has 1 atom stereocenters. The molecule has 114 valence electrons. The number of H-pyrrole nitrogens is 1. The van der Waals surface area contributed by atoms with E-state index in [2.05, 4.69) is 49.9 Å². The van der Waals surface area contributed by atoms with Gasteiger partial charge < -0.3 is 14.3 Å². The van der Waals surface area contributed by atoms with E-state index in [1.54, 1.807) is 0 Å². The first-order chi connectivity index (χ1) is 10.9. The van der Waals surface area contributed by atoms with Gasteiger partial charge >= 0.3 is 0 Å². The Kier molecular flexibility index (Phi) is 3.66. The van der Waals surface area contributed by atoms with Gasteiger partial charge in [-0.1, -0.05) is 18.2 Å². The summed E-state index contributed by atoms with van der Waals surface area (Å²) in [6.45, 7) is 4.57. The van der Waals surface area contributed by atoms with Crippen LogP contribution in [0, 0.1) is 0 Å². The molecule has 3 aromatic rings. The predicted molar refractivity (Wildman–Crippen MR) is 85.5 cm³/mol. The molecule has 0 bridgehead atoms. The number of fused-ring (bicyclic) bond motifs is 1. The zero-order chi connectivity index (χ0) is 14.8. The van der Waals surface area contributed by atoms with E-state index in [9.17, 15) is 0 Å². The third kappa shape index (κ3) is 2.77. The summed E-state index contributed by atoms with van der Waals surface area (Å²) in [5, 5.41) is 1.32. The minimum atomic E-state index is 0.230. The fourth-order valence-electron chi connectivity index (χ4n) is 3.17. The fraction of sp³-hybridized carbons (Fsp3) is 0.353. The molecule has 0 saturated carbocycles. The molecule has 3 heterocycles. The van der Waals surface area contributed by atoms with E-state index in [1.807, 2.05) is 18.7 Å². The highest BCUT2D eigenvalue weighted by Crippen LogP contribution is 2.20. The summed E-state index contributed by atoms with van der Waals surface area (Å²) in [5.74, 6) is 0. The van der Waals surface area contributed by atoms with Crippen molar-refractivity contribution in [2.75, 3.05) is 19.7 Å². The van der Waals surface area contributed by atoms with Crippen molar-refractivity contribution in [2.45, 2.75) is 19.2 Å². The molecule has 1 aliphatic rings. The third-order valence-corrected chi connectivity index (χ3v) is 4.27. The Morgan fingerprint density at radius 3 is 3.18 bits per heavy atom. The molecular formula is C17H20N4O. The van der Waals surface area contributed by atoms with Crippen LogP contribution in [0.1, 0.15) is 5.56 Å². The molecular weight excluding hydrogens is 276 g/mol. The number of ether oxygens (including phenoxy) is 1. The van der Waals surface area contributed by atoms with Crippen LogP contribution >= 0.6 is 0 Å². The van der Waals surface area contributed by atoms with Crippen LogP contribution in [0.25, 0.3) is 10.9 Å². The lowest BCUT2D eigenvalue weighted by Gasteiger charge is -2.33. The first-order valence-corrected chi connectivity index (χ1v) is 7.73. The molecule has 1 N–H and O–H groups in total. The number of para-hydroxylation sites is 1. The third-order valence-electron chi connectivity index (χ3n) is 4.27. The number of hydrogen-bond acceptors (Lipinski definition) is 3. The van der Waals surface area contributed by atoms with Crippen molar-refractivity contribution >= 4 is 10.9 Å². The maximum Gasteiger partial charge on any atom is 0.0946 e. The monoisotopic (exact) mass is 296 g/mol. The Balaban J connectivity index is 1.44. The number of rotatable bonds is 4. The number of hydrogen-bond donors (Lipinski definition) is 1. The van der Waals surface area contributed by atoms with Gasteiger partial charge in [-0.05, 0) is 11.6 Å². The Morgan fingerprint density at radius 1 is 1.32 bits per heavy atom. The Hall–Kier alpha value is -2.11. The molecule has 4 rings (SSSR count). The molecule has 1 aromatic carbocycles.